The van der Waals surface area contributed by atoms with Crippen LogP contribution < -0.4 is 31.7 Å². The van der Waals surface area contributed by atoms with E-state index in [0.29, 0.717) is 18.0 Å². The van der Waals surface area contributed by atoms with Crippen molar-refractivity contribution in [2.45, 2.75) is 23.5 Å². The molecule has 2 aliphatic rings. The summed E-state index contributed by atoms with van der Waals surface area (Å²) in [5.41, 5.74) is 4.93. The lowest BCUT2D eigenvalue weighted by Gasteiger charge is -2.37. The highest BCUT2D eigenvalue weighted by molar-refractivity contribution is 7.99. The van der Waals surface area contributed by atoms with Gasteiger partial charge in [-0.15, -0.1) is 11.8 Å². The van der Waals surface area contributed by atoms with Crippen LogP contribution >= 0.6 is 11.8 Å². The molecule has 2 atom stereocenters. The van der Waals surface area contributed by atoms with Crippen LogP contribution in [-0.2, 0) is 22.8 Å². The zero-order valence-electron chi connectivity index (χ0n) is 23.8. The molecule has 1 aromatic heterocycles. The SMILES string of the molecule is NNC(=O)Nc1ccc(N2CCN(c3ccc(CSC4CNC(Cn5cncn5)(c5ccc(F)cc5F)O4)cc3)CC2)cc1. The molecule has 6 rings (SSSR count). The van der Waals surface area contributed by atoms with E-state index in [-0.39, 0.29) is 17.5 Å². The maximum absolute atomic E-state index is 14.9. The van der Waals surface area contributed by atoms with Crippen LogP contribution in [0.1, 0.15) is 11.1 Å². The minimum absolute atomic E-state index is 0.185. The summed E-state index contributed by atoms with van der Waals surface area (Å²) in [5.74, 6) is 4.52. The molecule has 0 spiro atoms. The number of halogens is 2. The van der Waals surface area contributed by atoms with Crippen molar-refractivity contribution in [2.75, 3.05) is 47.8 Å². The van der Waals surface area contributed by atoms with Crippen molar-refractivity contribution in [2.24, 2.45) is 5.84 Å². The molecule has 11 nitrogen and oxygen atoms in total. The molecular weight excluding hydrogens is 588 g/mol. The van der Waals surface area contributed by atoms with Gasteiger partial charge in [-0.05, 0) is 54.1 Å². The number of nitrogens with one attached hydrogen (secondary N) is 3. The molecule has 2 unspecified atom stereocenters. The standard InChI is InChI=1S/C30H33F2N9O2S/c31-22-3-10-26(27(32)15-22)30(18-41-20-34-19-36-41)35-16-28(43-30)44-17-21-1-6-24(7-2-21)39-11-13-40(14-12-39)25-8-4-23(5-9-25)37-29(42)38-33/h1-10,15,19-20,28,35H,11-14,16-18,33H2,(H2,37,38,42). The molecule has 3 heterocycles. The predicted molar refractivity (Wildman–Crippen MR) is 166 cm³/mol. The third-order valence-corrected chi connectivity index (χ3v) is 8.88. The number of hydrogen-bond donors (Lipinski definition) is 4. The number of ether oxygens (including phenoxy) is 1. The van der Waals surface area contributed by atoms with Gasteiger partial charge in [0.25, 0.3) is 0 Å². The van der Waals surface area contributed by atoms with E-state index < -0.39 is 23.4 Å². The molecular formula is C30H33F2N9O2S. The van der Waals surface area contributed by atoms with Gasteiger partial charge in [0.15, 0.2) is 5.72 Å². The molecule has 5 N–H and O–H groups in total. The lowest BCUT2D eigenvalue weighted by atomic mass is 10.0. The first-order chi connectivity index (χ1) is 21.4. The number of benzene rings is 3. The van der Waals surface area contributed by atoms with E-state index in [0.717, 1.165) is 43.5 Å². The zero-order valence-corrected chi connectivity index (χ0v) is 24.6. The third kappa shape index (κ3) is 6.78. The van der Waals surface area contributed by atoms with Crippen LogP contribution in [-0.4, -0.2) is 59.0 Å². The minimum Gasteiger partial charge on any atom is -0.368 e. The fourth-order valence-electron chi connectivity index (χ4n) is 5.48. The van der Waals surface area contributed by atoms with Crippen LogP contribution in [0.2, 0.25) is 0 Å². The number of anilines is 3. The second-order valence-corrected chi connectivity index (χ2v) is 11.7. The molecule has 0 aliphatic carbocycles. The highest BCUT2D eigenvalue weighted by Crippen LogP contribution is 2.37. The van der Waals surface area contributed by atoms with Crippen molar-refractivity contribution in [3.05, 3.63) is 102 Å². The second kappa shape index (κ2) is 13.2. The number of urea groups is 1. The van der Waals surface area contributed by atoms with E-state index >= 15 is 0 Å². The summed E-state index contributed by atoms with van der Waals surface area (Å²) < 4.78 is 36.5. The predicted octanol–water partition coefficient (Wildman–Crippen LogP) is 3.61. The second-order valence-electron chi connectivity index (χ2n) is 10.6. The van der Waals surface area contributed by atoms with Crippen LogP contribution in [0.3, 0.4) is 0 Å². The number of hydrazine groups is 1. The Balaban J connectivity index is 1.02. The van der Waals surface area contributed by atoms with Gasteiger partial charge in [-0.25, -0.2) is 29.1 Å². The van der Waals surface area contributed by atoms with E-state index in [1.165, 1.54) is 30.5 Å². The van der Waals surface area contributed by atoms with Crippen LogP contribution in [0.4, 0.5) is 30.6 Å². The number of carbonyl (C=O) groups excluding carboxylic acids is 1. The first-order valence-electron chi connectivity index (χ1n) is 14.2. The van der Waals surface area contributed by atoms with E-state index in [1.807, 2.05) is 24.3 Å². The van der Waals surface area contributed by atoms with E-state index in [1.54, 1.807) is 16.4 Å². The Labute approximate surface area is 257 Å². The Hall–Kier alpha value is -4.24. The zero-order chi connectivity index (χ0) is 30.5. The average Bonchev–Trinajstić information content (AvgIpc) is 3.71. The highest BCUT2D eigenvalue weighted by Gasteiger charge is 2.44. The highest BCUT2D eigenvalue weighted by atomic mass is 32.2. The summed E-state index contributed by atoms with van der Waals surface area (Å²) in [6.45, 7) is 4.21. The Bertz CT molecular complexity index is 1550. The number of rotatable bonds is 9. The topological polar surface area (TPSA) is 126 Å². The fourth-order valence-corrected chi connectivity index (χ4v) is 6.49. The molecule has 2 fully saturated rings. The first kappa shape index (κ1) is 29.8. The van der Waals surface area contributed by atoms with Gasteiger partial charge in [0.1, 0.15) is 29.7 Å². The number of hydrogen-bond acceptors (Lipinski definition) is 9. The Morgan fingerprint density at radius 2 is 1.70 bits per heavy atom. The monoisotopic (exact) mass is 621 g/mol. The lowest BCUT2D eigenvalue weighted by Crippen LogP contribution is -2.46. The number of aromatic nitrogens is 3. The summed E-state index contributed by atoms with van der Waals surface area (Å²) in [5, 5.41) is 10.1. The molecule has 0 saturated carbocycles. The van der Waals surface area contributed by atoms with Gasteiger partial charge in [-0.3, -0.25) is 10.7 Å². The van der Waals surface area contributed by atoms with Gasteiger partial charge in [-0.2, -0.15) is 5.10 Å². The number of piperazine rings is 1. The molecule has 0 radical (unpaired) electrons. The van der Waals surface area contributed by atoms with Gasteiger partial charge in [-0.1, -0.05) is 12.1 Å². The summed E-state index contributed by atoms with van der Waals surface area (Å²) in [6, 6.07) is 19.3. The van der Waals surface area contributed by atoms with Gasteiger partial charge < -0.3 is 19.9 Å². The minimum atomic E-state index is -1.20. The van der Waals surface area contributed by atoms with Crippen LogP contribution in [0.25, 0.3) is 0 Å². The van der Waals surface area contributed by atoms with Crippen molar-refractivity contribution in [3.63, 3.8) is 0 Å². The Morgan fingerprint density at radius 1 is 1.02 bits per heavy atom. The van der Waals surface area contributed by atoms with Crippen molar-refractivity contribution < 1.29 is 18.3 Å². The van der Waals surface area contributed by atoms with Gasteiger partial charge >= 0.3 is 6.03 Å². The quantitative estimate of drug-likeness (QED) is 0.126. The molecule has 4 aromatic rings. The van der Waals surface area contributed by atoms with Crippen molar-refractivity contribution in [1.82, 2.24) is 25.5 Å². The van der Waals surface area contributed by atoms with Gasteiger partial charge in [0.2, 0.25) is 0 Å². The summed E-state index contributed by atoms with van der Waals surface area (Å²) in [7, 11) is 0. The van der Waals surface area contributed by atoms with Gasteiger partial charge in [0.05, 0.1) is 6.54 Å². The number of nitrogens with zero attached hydrogens (tertiary/aromatic N) is 5. The number of carbonyl (C=O) groups is 1. The van der Waals surface area contributed by atoms with Gasteiger partial charge in [0, 0.05) is 67.2 Å². The molecule has 230 valence electrons. The normalized spacial score (nSPS) is 20.1. The maximum atomic E-state index is 14.9. The number of thioether (sulfide) groups is 1. The fraction of sp³-hybridized carbons (Fsp3) is 0.300. The van der Waals surface area contributed by atoms with Crippen molar-refractivity contribution in [3.8, 4) is 0 Å². The Kier molecular flexibility index (Phi) is 8.93. The smallest absolute Gasteiger partial charge is 0.333 e. The van der Waals surface area contributed by atoms with E-state index in [2.05, 4.69) is 60.2 Å². The summed E-state index contributed by atoms with van der Waals surface area (Å²) in [6.07, 6.45) is 2.95. The average molecular weight is 622 g/mol. The first-order valence-corrected chi connectivity index (χ1v) is 15.2. The van der Waals surface area contributed by atoms with Crippen molar-refractivity contribution in [1.29, 1.82) is 0 Å². The molecule has 2 amide bonds. The van der Waals surface area contributed by atoms with Crippen LogP contribution in [0.5, 0.6) is 0 Å². The Morgan fingerprint density at radius 3 is 2.32 bits per heavy atom. The molecule has 3 aromatic carbocycles. The van der Waals surface area contributed by atoms with Crippen LogP contribution in [0, 0.1) is 11.6 Å². The van der Waals surface area contributed by atoms with E-state index in [9.17, 15) is 13.6 Å². The molecule has 0 bridgehead atoms. The van der Waals surface area contributed by atoms with Crippen LogP contribution in [0.15, 0.2) is 79.4 Å². The summed E-state index contributed by atoms with van der Waals surface area (Å²) >= 11 is 1.62. The number of nitrogens with two attached hydrogens (primary N) is 1. The maximum Gasteiger partial charge on any atom is 0.333 e. The molecule has 44 heavy (non-hydrogen) atoms. The molecule has 2 aliphatic heterocycles. The van der Waals surface area contributed by atoms with E-state index in [4.69, 9.17) is 10.6 Å². The lowest BCUT2D eigenvalue weighted by molar-refractivity contribution is -0.0451. The van der Waals surface area contributed by atoms with Crippen molar-refractivity contribution >= 4 is 34.9 Å². The largest absolute Gasteiger partial charge is 0.368 e. The number of amides is 2. The summed E-state index contributed by atoms with van der Waals surface area (Å²) in [4.78, 5) is 20.1. The molecule has 14 heteroatoms. The molecule has 2 saturated heterocycles. The third-order valence-electron chi connectivity index (χ3n) is 7.74.